The van der Waals surface area contributed by atoms with E-state index in [4.69, 9.17) is 9.72 Å². The van der Waals surface area contributed by atoms with Crippen molar-refractivity contribution in [2.75, 3.05) is 20.1 Å². The summed E-state index contributed by atoms with van der Waals surface area (Å²) in [4.78, 5) is 7.30. The molecule has 2 aliphatic heterocycles. The monoisotopic (exact) mass is 337 g/mol. The number of piperidine rings is 1. The first-order valence-electron chi connectivity index (χ1n) is 9.33. The summed E-state index contributed by atoms with van der Waals surface area (Å²) < 4.78 is 8.96. The van der Waals surface area contributed by atoms with E-state index in [0.717, 1.165) is 56.8 Å². The van der Waals surface area contributed by atoms with E-state index in [1.807, 2.05) is 6.08 Å². The van der Waals surface area contributed by atoms with Crippen molar-refractivity contribution in [1.82, 2.24) is 14.5 Å². The Kier molecular flexibility index (Phi) is 4.73. The zero-order valence-corrected chi connectivity index (χ0v) is 15.0. The Balaban J connectivity index is 1.68. The second-order valence-corrected chi connectivity index (χ2v) is 7.24. The van der Waals surface area contributed by atoms with Crippen LogP contribution in [0.4, 0.5) is 0 Å². The van der Waals surface area contributed by atoms with E-state index >= 15 is 0 Å². The van der Waals surface area contributed by atoms with Crippen LogP contribution < -0.4 is 0 Å². The van der Waals surface area contributed by atoms with Gasteiger partial charge in [-0.05, 0) is 37.4 Å². The highest BCUT2D eigenvalue weighted by Gasteiger charge is 2.30. The summed E-state index contributed by atoms with van der Waals surface area (Å²) in [7, 11) is 2.19. The predicted molar refractivity (Wildman–Crippen MR) is 99.7 cm³/mol. The molecule has 0 N–H and O–H groups in total. The Morgan fingerprint density at radius 2 is 2.04 bits per heavy atom. The van der Waals surface area contributed by atoms with E-state index in [9.17, 15) is 0 Å². The molecule has 1 unspecified atom stereocenters. The van der Waals surface area contributed by atoms with E-state index < -0.39 is 0 Å². The number of rotatable bonds is 4. The summed E-state index contributed by atoms with van der Waals surface area (Å²) in [6.07, 6.45) is 8.36. The SMILES string of the molecule is C=CCc1cn2c(n1)C(OC1CCN(C)CC1)c1ccccc1CC2. The first kappa shape index (κ1) is 16.6. The topological polar surface area (TPSA) is 30.3 Å². The van der Waals surface area contributed by atoms with Gasteiger partial charge in [-0.25, -0.2) is 4.98 Å². The molecule has 3 heterocycles. The number of nitrogens with zero attached hydrogens (tertiary/aromatic N) is 3. The molecule has 0 amide bonds. The van der Waals surface area contributed by atoms with Gasteiger partial charge >= 0.3 is 0 Å². The van der Waals surface area contributed by atoms with E-state index in [1.165, 1.54) is 11.1 Å². The second-order valence-electron chi connectivity index (χ2n) is 7.24. The summed E-state index contributed by atoms with van der Waals surface area (Å²) in [5.41, 5.74) is 3.76. The molecular formula is C21H27N3O. The molecule has 1 aromatic heterocycles. The van der Waals surface area contributed by atoms with Crippen molar-refractivity contribution >= 4 is 0 Å². The lowest BCUT2D eigenvalue weighted by Crippen LogP contribution is -2.35. The van der Waals surface area contributed by atoms with Gasteiger partial charge in [0.1, 0.15) is 11.9 Å². The van der Waals surface area contributed by atoms with Crippen LogP contribution in [0.5, 0.6) is 0 Å². The minimum atomic E-state index is -0.0642. The Labute approximate surface area is 150 Å². The fourth-order valence-corrected chi connectivity index (χ4v) is 3.97. The van der Waals surface area contributed by atoms with Crippen LogP contribution in [0.2, 0.25) is 0 Å². The number of benzene rings is 1. The smallest absolute Gasteiger partial charge is 0.142 e. The van der Waals surface area contributed by atoms with Gasteiger partial charge in [0.15, 0.2) is 0 Å². The summed E-state index contributed by atoms with van der Waals surface area (Å²) in [6.45, 7) is 7.03. The van der Waals surface area contributed by atoms with Crippen molar-refractivity contribution in [2.24, 2.45) is 0 Å². The zero-order chi connectivity index (χ0) is 17.2. The van der Waals surface area contributed by atoms with Gasteiger partial charge in [-0.1, -0.05) is 30.3 Å². The minimum Gasteiger partial charge on any atom is -0.362 e. The van der Waals surface area contributed by atoms with Crippen LogP contribution in [-0.2, 0) is 24.1 Å². The van der Waals surface area contributed by atoms with E-state index in [1.54, 1.807) is 0 Å². The Hall–Kier alpha value is -1.91. The van der Waals surface area contributed by atoms with E-state index in [-0.39, 0.29) is 6.10 Å². The Bertz CT molecular complexity index is 743. The van der Waals surface area contributed by atoms with Gasteiger partial charge in [0, 0.05) is 32.3 Å². The number of ether oxygens (including phenoxy) is 1. The van der Waals surface area contributed by atoms with Crippen LogP contribution in [-0.4, -0.2) is 40.7 Å². The van der Waals surface area contributed by atoms with Crippen molar-refractivity contribution in [3.63, 3.8) is 0 Å². The molecule has 0 radical (unpaired) electrons. The van der Waals surface area contributed by atoms with Gasteiger partial charge in [-0.15, -0.1) is 6.58 Å². The fraction of sp³-hybridized carbons (Fsp3) is 0.476. The lowest BCUT2D eigenvalue weighted by Gasteiger charge is -2.32. The average molecular weight is 337 g/mol. The van der Waals surface area contributed by atoms with Crippen molar-refractivity contribution in [1.29, 1.82) is 0 Å². The number of hydrogen-bond donors (Lipinski definition) is 0. The van der Waals surface area contributed by atoms with Crippen LogP contribution in [0, 0.1) is 0 Å². The van der Waals surface area contributed by atoms with Crippen LogP contribution in [0.1, 0.15) is 41.6 Å². The maximum absolute atomic E-state index is 6.67. The third kappa shape index (κ3) is 3.42. The van der Waals surface area contributed by atoms with Crippen LogP contribution in [0.25, 0.3) is 0 Å². The molecule has 1 aromatic carbocycles. The summed E-state index contributed by atoms with van der Waals surface area (Å²) in [6, 6.07) is 8.69. The molecule has 4 heteroatoms. The zero-order valence-electron chi connectivity index (χ0n) is 15.0. The first-order valence-corrected chi connectivity index (χ1v) is 9.33. The number of fused-ring (bicyclic) bond motifs is 2. The van der Waals surface area contributed by atoms with Gasteiger partial charge in [-0.3, -0.25) is 0 Å². The van der Waals surface area contributed by atoms with E-state index in [2.05, 4.69) is 53.6 Å². The number of aromatic nitrogens is 2. The van der Waals surface area contributed by atoms with Gasteiger partial charge in [0.2, 0.25) is 0 Å². The maximum Gasteiger partial charge on any atom is 0.142 e. The first-order chi connectivity index (χ1) is 12.2. The molecule has 0 spiro atoms. The third-order valence-electron chi connectivity index (χ3n) is 5.40. The molecule has 1 saturated heterocycles. The number of likely N-dealkylation sites (tertiary alicyclic amines) is 1. The molecule has 1 fully saturated rings. The Morgan fingerprint density at radius 1 is 1.24 bits per heavy atom. The lowest BCUT2D eigenvalue weighted by atomic mass is 10.00. The van der Waals surface area contributed by atoms with Gasteiger partial charge in [-0.2, -0.15) is 0 Å². The summed E-state index contributed by atoms with van der Waals surface area (Å²) in [5, 5.41) is 0. The molecule has 132 valence electrons. The molecule has 4 nitrogen and oxygen atoms in total. The third-order valence-corrected chi connectivity index (χ3v) is 5.40. The highest BCUT2D eigenvalue weighted by atomic mass is 16.5. The molecule has 0 aliphatic carbocycles. The molecular weight excluding hydrogens is 310 g/mol. The molecule has 0 bridgehead atoms. The minimum absolute atomic E-state index is 0.0642. The van der Waals surface area contributed by atoms with Gasteiger partial charge in [0.05, 0.1) is 11.8 Å². The molecule has 2 aromatic rings. The molecule has 1 atom stereocenters. The second kappa shape index (κ2) is 7.14. The fourth-order valence-electron chi connectivity index (χ4n) is 3.97. The van der Waals surface area contributed by atoms with Crippen molar-refractivity contribution < 1.29 is 4.74 Å². The molecule has 25 heavy (non-hydrogen) atoms. The quantitative estimate of drug-likeness (QED) is 0.802. The molecule has 2 aliphatic rings. The standard InChI is InChI=1S/C21H27N3O/c1-3-6-17-15-24-14-9-16-7-4-5-8-19(16)20(21(24)22-17)25-18-10-12-23(2)13-11-18/h3-5,7-8,15,18,20H,1,6,9-14H2,2H3. The average Bonchev–Trinajstić information content (AvgIpc) is 2.97. The summed E-state index contributed by atoms with van der Waals surface area (Å²) >= 11 is 0. The molecule has 4 rings (SSSR count). The number of imidazole rings is 1. The largest absolute Gasteiger partial charge is 0.362 e. The van der Waals surface area contributed by atoms with Gasteiger partial charge < -0.3 is 14.2 Å². The van der Waals surface area contributed by atoms with E-state index in [0.29, 0.717) is 6.10 Å². The Morgan fingerprint density at radius 3 is 2.84 bits per heavy atom. The van der Waals surface area contributed by atoms with Crippen LogP contribution in [0.3, 0.4) is 0 Å². The van der Waals surface area contributed by atoms with Crippen LogP contribution >= 0.6 is 0 Å². The van der Waals surface area contributed by atoms with Gasteiger partial charge in [0.25, 0.3) is 0 Å². The highest BCUT2D eigenvalue weighted by molar-refractivity contribution is 5.35. The van der Waals surface area contributed by atoms with Crippen LogP contribution in [0.15, 0.2) is 43.1 Å². The molecule has 0 saturated carbocycles. The highest BCUT2D eigenvalue weighted by Crippen LogP contribution is 2.34. The van der Waals surface area contributed by atoms with Crippen molar-refractivity contribution in [2.45, 2.75) is 44.4 Å². The number of hydrogen-bond acceptors (Lipinski definition) is 3. The van der Waals surface area contributed by atoms with Crippen molar-refractivity contribution in [3.05, 3.63) is 65.8 Å². The lowest BCUT2D eigenvalue weighted by molar-refractivity contribution is -0.0276. The maximum atomic E-state index is 6.67. The number of allylic oxidation sites excluding steroid dienone is 1. The van der Waals surface area contributed by atoms with Crippen molar-refractivity contribution in [3.8, 4) is 0 Å². The predicted octanol–water partition coefficient (Wildman–Crippen LogP) is 3.37. The normalized spacial score (nSPS) is 21.4. The summed E-state index contributed by atoms with van der Waals surface area (Å²) in [5.74, 6) is 1.06. The number of aryl methyl sites for hydroxylation is 2.